The van der Waals surface area contributed by atoms with Crippen molar-refractivity contribution in [3.8, 4) is 17.5 Å². The number of carbonyl (C=O) groups is 1. The predicted octanol–water partition coefficient (Wildman–Crippen LogP) is 2.32. The summed E-state index contributed by atoms with van der Waals surface area (Å²) >= 11 is 0. The predicted molar refractivity (Wildman–Crippen MR) is 118 cm³/mol. The van der Waals surface area contributed by atoms with Gasteiger partial charge < -0.3 is 4.90 Å². The molecule has 2 aromatic heterocycles. The molecular formula is C23H22N4O3S. The molecule has 0 spiro atoms. The number of rotatable bonds is 3. The fourth-order valence-corrected chi connectivity index (χ4v) is 5.83. The lowest BCUT2D eigenvalue weighted by Crippen LogP contribution is -2.48. The minimum Gasteiger partial charge on any atom is -0.335 e. The highest BCUT2D eigenvalue weighted by molar-refractivity contribution is 7.91. The SMILES string of the molecule is CN(C(=O)c1ccc(-n2cccn2)c(C#Cc2ccccn2)c1)C1(C)CCS(=O)(=O)C1. The van der Waals surface area contributed by atoms with Gasteiger partial charge in [-0.3, -0.25) is 4.79 Å². The molecule has 8 heteroatoms. The van der Waals surface area contributed by atoms with Crippen molar-refractivity contribution in [1.29, 1.82) is 0 Å². The standard InChI is InChI=1S/C23H22N4O3S/c1-23(11-15-31(29,30)17-23)26(2)22(28)19-8-10-21(27-14-5-13-25-27)18(16-19)7-9-20-6-3-4-12-24-20/h3-6,8,10,12-14,16H,11,15,17H2,1-2H3. The van der Waals surface area contributed by atoms with Gasteiger partial charge in [0, 0.05) is 31.2 Å². The van der Waals surface area contributed by atoms with Crippen molar-refractivity contribution < 1.29 is 13.2 Å². The third-order valence-electron chi connectivity index (χ3n) is 5.58. The van der Waals surface area contributed by atoms with Crippen LogP contribution in [0.4, 0.5) is 0 Å². The van der Waals surface area contributed by atoms with E-state index in [0.29, 0.717) is 23.2 Å². The van der Waals surface area contributed by atoms with Gasteiger partial charge in [-0.1, -0.05) is 12.0 Å². The van der Waals surface area contributed by atoms with Crippen LogP contribution in [0, 0.1) is 11.8 Å². The highest BCUT2D eigenvalue weighted by atomic mass is 32.2. The average molecular weight is 435 g/mol. The van der Waals surface area contributed by atoms with E-state index in [-0.39, 0.29) is 17.4 Å². The summed E-state index contributed by atoms with van der Waals surface area (Å²) in [5.41, 5.74) is 1.69. The van der Waals surface area contributed by atoms with E-state index in [1.165, 1.54) is 4.90 Å². The van der Waals surface area contributed by atoms with E-state index in [4.69, 9.17) is 0 Å². The van der Waals surface area contributed by atoms with Crippen LogP contribution in [0.25, 0.3) is 5.69 Å². The fraction of sp³-hybridized carbons (Fsp3) is 0.261. The summed E-state index contributed by atoms with van der Waals surface area (Å²) in [4.78, 5) is 19.0. The van der Waals surface area contributed by atoms with Gasteiger partial charge in [-0.2, -0.15) is 5.10 Å². The first-order valence-corrected chi connectivity index (χ1v) is 11.7. The van der Waals surface area contributed by atoms with Crippen molar-refractivity contribution in [2.24, 2.45) is 0 Å². The van der Waals surface area contributed by atoms with Crippen molar-refractivity contribution in [3.63, 3.8) is 0 Å². The zero-order valence-corrected chi connectivity index (χ0v) is 18.1. The van der Waals surface area contributed by atoms with Gasteiger partial charge in [-0.05, 0) is 55.7 Å². The fourth-order valence-electron chi connectivity index (χ4n) is 3.65. The summed E-state index contributed by atoms with van der Waals surface area (Å²) in [6.45, 7) is 1.81. The number of benzene rings is 1. The number of sulfone groups is 1. The van der Waals surface area contributed by atoms with Crippen molar-refractivity contribution in [2.75, 3.05) is 18.6 Å². The Morgan fingerprint density at radius 1 is 1.16 bits per heavy atom. The van der Waals surface area contributed by atoms with Gasteiger partial charge in [-0.25, -0.2) is 18.1 Å². The van der Waals surface area contributed by atoms with Crippen LogP contribution < -0.4 is 0 Å². The van der Waals surface area contributed by atoms with Gasteiger partial charge in [0.25, 0.3) is 5.91 Å². The van der Waals surface area contributed by atoms with Crippen LogP contribution in [0.3, 0.4) is 0 Å². The second-order valence-electron chi connectivity index (χ2n) is 7.85. The van der Waals surface area contributed by atoms with E-state index < -0.39 is 15.4 Å². The number of nitrogens with zero attached hydrogens (tertiary/aromatic N) is 4. The molecule has 3 heterocycles. The molecule has 1 unspecified atom stereocenters. The zero-order valence-electron chi connectivity index (χ0n) is 17.3. The van der Waals surface area contributed by atoms with Crippen LogP contribution in [0.5, 0.6) is 0 Å². The van der Waals surface area contributed by atoms with Crippen LogP contribution in [0.1, 0.15) is 35.0 Å². The van der Waals surface area contributed by atoms with Crippen LogP contribution in [-0.2, 0) is 9.84 Å². The van der Waals surface area contributed by atoms with Gasteiger partial charge in [0.15, 0.2) is 9.84 Å². The van der Waals surface area contributed by atoms with E-state index in [0.717, 1.165) is 5.69 Å². The molecule has 158 valence electrons. The molecule has 31 heavy (non-hydrogen) atoms. The van der Waals surface area contributed by atoms with E-state index in [2.05, 4.69) is 21.9 Å². The van der Waals surface area contributed by atoms with Crippen LogP contribution >= 0.6 is 0 Å². The number of hydrogen-bond donors (Lipinski definition) is 0. The molecule has 0 radical (unpaired) electrons. The Kier molecular flexibility index (Phi) is 5.38. The Morgan fingerprint density at radius 2 is 2.00 bits per heavy atom. The molecule has 1 aliphatic rings. The van der Waals surface area contributed by atoms with E-state index in [9.17, 15) is 13.2 Å². The molecule has 1 aromatic carbocycles. The third-order valence-corrected chi connectivity index (χ3v) is 7.47. The lowest BCUT2D eigenvalue weighted by atomic mass is 9.98. The molecule has 1 aliphatic heterocycles. The maximum absolute atomic E-state index is 13.2. The topological polar surface area (TPSA) is 85.2 Å². The Labute approximate surface area is 181 Å². The second kappa shape index (κ2) is 8.00. The van der Waals surface area contributed by atoms with Crippen LogP contribution in [0.2, 0.25) is 0 Å². The summed E-state index contributed by atoms with van der Waals surface area (Å²) in [7, 11) is -1.48. The highest BCUT2D eigenvalue weighted by Crippen LogP contribution is 2.30. The third kappa shape index (κ3) is 4.37. The molecule has 0 bridgehead atoms. The molecule has 1 saturated heterocycles. The first-order valence-electron chi connectivity index (χ1n) is 9.83. The van der Waals surface area contributed by atoms with Crippen molar-refractivity contribution >= 4 is 15.7 Å². The molecule has 0 aliphatic carbocycles. The normalized spacial score (nSPS) is 19.4. The lowest BCUT2D eigenvalue weighted by molar-refractivity contribution is 0.0638. The number of amides is 1. The number of carbonyl (C=O) groups excluding carboxylic acids is 1. The Morgan fingerprint density at radius 3 is 2.65 bits per heavy atom. The summed E-state index contributed by atoms with van der Waals surface area (Å²) in [6.07, 6.45) is 5.57. The minimum atomic E-state index is -3.13. The Hall–Kier alpha value is -3.44. The maximum Gasteiger partial charge on any atom is 0.254 e. The summed E-state index contributed by atoms with van der Waals surface area (Å²) in [5.74, 6) is 5.96. The summed E-state index contributed by atoms with van der Waals surface area (Å²) < 4.78 is 25.7. The van der Waals surface area contributed by atoms with Crippen molar-refractivity contribution in [3.05, 3.63) is 77.9 Å². The van der Waals surface area contributed by atoms with Gasteiger partial charge in [0.1, 0.15) is 5.69 Å². The molecule has 7 nitrogen and oxygen atoms in total. The lowest BCUT2D eigenvalue weighted by Gasteiger charge is -2.34. The van der Waals surface area contributed by atoms with Crippen molar-refractivity contribution in [1.82, 2.24) is 19.7 Å². The van der Waals surface area contributed by atoms with Gasteiger partial charge in [0.2, 0.25) is 0 Å². The van der Waals surface area contributed by atoms with E-state index in [1.807, 2.05) is 31.2 Å². The largest absolute Gasteiger partial charge is 0.335 e. The quantitative estimate of drug-likeness (QED) is 0.591. The van der Waals surface area contributed by atoms with E-state index >= 15 is 0 Å². The van der Waals surface area contributed by atoms with Crippen LogP contribution in [0.15, 0.2) is 61.1 Å². The minimum absolute atomic E-state index is 0.0278. The molecule has 3 aromatic rings. The molecular weight excluding hydrogens is 412 g/mol. The monoisotopic (exact) mass is 434 g/mol. The Balaban J connectivity index is 1.71. The zero-order chi connectivity index (χ0) is 22.1. The van der Waals surface area contributed by atoms with Crippen LogP contribution in [-0.4, -0.2) is 58.1 Å². The maximum atomic E-state index is 13.2. The van der Waals surface area contributed by atoms with E-state index in [1.54, 1.807) is 48.5 Å². The second-order valence-corrected chi connectivity index (χ2v) is 10.0. The molecule has 1 fully saturated rings. The summed E-state index contributed by atoms with van der Waals surface area (Å²) in [5, 5.41) is 4.27. The average Bonchev–Trinajstić information content (AvgIpc) is 3.40. The van der Waals surface area contributed by atoms with Gasteiger partial charge >= 0.3 is 0 Å². The Bertz CT molecular complexity index is 1280. The van der Waals surface area contributed by atoms with Gasteiger partial charge in [-0.15, -0.1) is 0 Å². The number of pyridine rings is 1. The first kappa shape index (κ1) is 20.8. The number of aromatic nitrogens is 3. The summed E-state index contributed by atoms with van der Waals surface area (Å²) in [6, 6.07) is 12.5. The molecule has 4 rings (SSSR count). The molecule has 1 atom stereocenters. The molecule has 0 saturated carbocycles. The molecule has 1 amide bonds. The van der Waals surface area contributed by atoms with Gasteiger partial charge in [0.05, 0.1) is 28.3 Å². The molecule has 0 N–H and O–H groups in total. The number of hydrogen-bond acceptors (Lipinski definition) is 5. The first-order chi connectivity index (χ1) is 14.8. The smallest absolute Gasteiger partial charge is 0.254 e. The van der Waals surface area contributed by atoms with Crippen molar-refractivity contribution in [2.45, 2.75) is 18.9 Å². The highest BCUT2D eigenvalue weighted by Gasteiger charge is 2.43.